The molecule has 0 aliphatic rings. The van der Waals surface area contributed by atoms with Crippen molar-refractivity contribution in [2.45, 2.75) is 19.9 Å². The molecule has 0 saturated carbocycles. The zero-order chi connectivity index (χ0) is 12.3. The van der Waals surface area contributed by atoms with Crippen LogP contribution in [0.25, 0.3) is 11.5 Å². The van der Waals surface area contributed by atoms with Gasteiger partial charge in [0, 0.05) is 6.61 Å². The van der Waals surface area contributed by atoms with Crippen LogP contribution < -0.4 is 5.73 Å². The summed E-state index contributed by atoms with van der Waals surface area (Å²) in [5.74, 6) is 1.63. The Bertz CT molecular complexity index is 478. The molecule has 6 nitrogen and oxygen atoms in total. The maximum atomic E-state index is 5.84. The SMILES string of the molecule is CCOCC(N)c1noc(-c2coc(C)c2)n1. The van der Waals surface area contributed by atoms with Crippen LogP contribution in [0.2, 0.25) is 0 Å². The number of rotatable bonds is 5. The Labute approximate surface area is 98.7 Å². The largest absolute Gasteiger partial charge is 0.469 e. The monoisotopic (exact) mass is 237 g/mol. The summed E-state index contributed by atoms with van der Waals surface area (Å²) in [6.07, 6.45) is 1.57. The zero-order valence-corrected chi connectivity index (χ0v) is 9.84. The fourth-order valence-electron chi connectivity index (χ4n) is 1.38. The van der Waals surface area contributed by atoms with Crippen molar-refractivity contribution < 1.29 is 13.7 Å². The van der Waals surface area contributed by atoms with Crippen LogP contribution in [-0.4, -0.2) is 23.4 Å². The van der Waals surface area contributed by atoms with Gasteiger partial charge in [0.1, 0.15) is 12.0 Å². The Kier molecular flexibility index (Phi) is 3.55. The Morgan fingerprint density at radius 2 is 2.35 bits per heavy atom. The van der Waals surface area contributed by atoms with Crippen LogP contribution in [-0.2, 0) is 4.74 Å². The van der Waals surface area contributed by atoms with E-state index >= 15 is 0 Å². The van der Waals surface area contributed by atoms with E-state index in [1.165, 1.54) is 0 Å². The lowest BCUT2D eigenvalue weighted by atomic mass is 10.3. The molecule has 92 valence electrons. The van der Waals surface area contributed by atoms with Gasteiger partial charge in [-0.2, -0.15) is 4.98 Å². The summed E-state index contributed by atoms with van der Waals surface area (Å²) in [4.78, 5) is 4.20. The van der Waals surface area contributed by atoms with Crippen molar-refractivity contribution in [1.82, 2.24) is 10.1 Å². The van der Waals surface area contributed by atoms with Crippen LogP contribution in [0.3, 0.4) is 0 Å². The van der Waals surface area contributed by atoms with Crippen molar-refractivity contribution >= 4 is 0 Å². The standard InChI is InChI=1S/C11H15N3O3/c1-3-15-6-9(12)10-13-11(17-14-10)8-4-7(2)16-5-8/h4-5,9H,3,6,12H2,1-2H3. The van der Waals surface area contributed by atoms with Crippen molar-refractivity contribution in [3.63, 3.8) is 0 Å². The summed E-state index contributed by atoms with van der Waals surface area (Å²) < 4.78 is 15.5. The van der Waals surface area contributed by atoms with Crippen LogP contribution in [0.5, 0.6) is 0 Å². The number of hydrogen-bond acceptors (Lipinski definition) is 6. The predicted octanol–water partition coefficient (Wildman–Crippen LogP) is 1.67. The second kappa shape index (κ2) is 5.11. The van der Waals surface area contributed by atoms with Gasteiger partial charge in [-0.3, -0.25) is 0 Å². The van der Waals surface area contributed by atoms with E-state index in [1.54, 1.807) is 6.26 Å². The molecule has 0 radical (unpaired) electrons. The average Bonchev–Trinajstić information content (AvgIpc) is 2.93. The maximum Gasteiger partial charge on any atom is 0.261 e. The predicted molar refractivity (Wildman–Crippen MR) is 60.2 cm³/mol. The van der Waals surface area contributed by atoms with E-state index in [4.69, 9.17) is 19.4 Å². The molecule has 2 aromatic heterocycles. The van der Waals surface area contributed by atoms with E-state index in [-0.39, 0.29) is 6.04 Å². The molecule has 0 aliphatic heterocycles. The van der Waals surface area contributed by atoms with Crippen molar-refractivity contribution in [2.24, 2.45) is 5.73 Å². The van der Waals surface area contributed by atoms with Gasteiger partial charge >= 0.3 is 0 Å². The van der Waals surface area contributed by atoms with Crippen LogP contribution in [0, 0.1) is 6.92 Å². The van der Waals surface area contributed by atoms with E-state index < -0.39 is 0 Å². The molecule has 6 heteroatoms. The second-order valence-corrected chi connectivity index (χ2v) is 3.67. The first kappa shape index (κ1) is 11.8. The zero-order valence-electron chi connectivity index (χ0n) is 9.84. The minimum Gasteiger partial charge on any atom is -0.469 e. The molecule has 17 heavy (non-hydrogen) atoms. The normalized spacial score (nSPS) is 12.9. The van der Waals surface area contributed by atoms with Gasteiger partial charge in [-0.25, -0.2) is 0 Å². The van der Waals surface area contributed by atoms with Gasteiger partial charge in [0.25, 0.3) is 5.89 Å². The summed E-state index contributed by atoms with van der Waals surface area (Å²) in [5, 5.41) is 3.82. The molecule has 1 unspecified atom stereocenters. The fourth-order valence-corrected chi connectivity index (χ4v) is 1.38. The summed E-state index contributed by atoms with van der Waals surface area (Å²) in [6.45, 7) is 4.74. The molecular formula is C11H15N3O3. The van der Waals surface area contributed by atoms with E-state index in [1.807, 2.05) is 19.9 Å². The van der Waals surface area contributed by atoms with E-state index in [0.717, 1.165) is 11.3 Å². The Balaban J connectivity index is 2.10. The first-order valence-electron chi connectivity index (χ1n) is 5.43. The maximum absolute atomic E-state index is 5.84. The Morgan fingerprint density at radius 1 is 1.53 bits per heavy atom. The third kappa shape index (κ3) is 2.72. The molecule has 0 amide bonds. The fraction of sp³-hybridized carbons (Fsp3) is 0.455. The number of furan rings is 1. The number of nitrogens with two attached hydrogens (primary N) is 1. The first-order valence-corrected chi connectivity index (χ1v) is 5.43. The lowest BCUT2D eigenvalue weighted by molar-refractivity contribution is 0.130. The highest BCUT2D eigenvalue weighted by molar-refractivity contribution is 5.51. The highest BCUT2D eigenvalue weighted by atomic mass is 16.5. The van der Waals surface area contributed by atoms with Crippen molar-refractivity contribution in [3.05, 3.63) is 23.9 Å². The lowest BCUT2D eigenvalue weighted by Gasteiger charge is -2.05. The van der Waals surface area contributed by atoms with Crippen LogP contribution in [0.1, 0.15) is 24.6 Å². The second-order valence-electron chi connectivity index (χ2n) is 3.67. The molecule has 0 aliphatic carbocycles. The van der Waals surface area contributed by atoms with Crippen molar-refractivity contribution in [1.29, 1.82) is 0 Å². The summed E-state index contributed by atoms with van der Waals surface area (Å²) in [6, 6.07) is 1.45. The van der Waals surface area contributed by atoms with Crippen molar-refractivity contribution in [2.75, 3.05) is 13.2 Å². The van der Waals surface area contributed by atoms with E-state index in [2.05, 4.69) is 10.1 Å². The van der Waals surface area contributed by atoms with Gasteiger partial charge in [-0.1, -0.05) is 5.16 Å². The van der Waals surface area contributed by atoms with Crippen LogP contribution in [0.15, 0.2) is 21.3 Å². The third-order valence-corrected chi connectivity index (χ3v) is 2.25. The van der Waals surface area contributed by atoms with Gasteiger partial charge in [0.2, 0.25) is 0 Å². The molecular weight excluding hydrogens is 222 g/mol. The van der Waals surface area contributed by atoms with Crippen LogP contribution in [0.4, 0.5) is 0 Å². The van der Waals surface area contributed by atoms with Crippen molar-refractivity contribution in [3.8, 4) is 11.5 Å². The molecule has 0 bridgehead atoms. The van der Waals surface area contributed by atoms with E-state index in [9.17, 15) is 0 Å². The van der Waals surface area contributed by atoms with E-state index in [0.29, 0.717) is 24.9 Å². The number of ether oxygens (including phenoxy) is 1. The molecule has 0 fully saturated rings. The smallest absolute Gasteiger partial charge is 0.261 e. The highest BCUT2D eigenvalue weighted by Crippen LogP contribution is 2.21. The number of hydrogen-bond donors (Lipinski definition) is 1. The van der Waals surface area contributed by atoms with Gasteiger partial charge in [-0.15, -0.1) is 0 Å². The molecule has 1 atom stereocenters. The Morgan fingerprint density at radius 3 is 3.00 bits per heavy atom. The topological polar surface area (TPSA) is 87.3 Å². The number of nitrogens with zero attached hydrogens (tertiary/aromatic N) is 2. The molecule has 0 spiro atoms. The van der Waals surface area contributed by atoms with Gasteiger partial charge < -0.3 is 19.4 Å². The lowest BCUT2D eigenvalue weighted by Crippen LogP contribution is -2.18. The molecule has 0 aromatic carbocycles. The average molecular weight is 237 g/mol. The Hall–Kier alpha value is -1.66. The summed E-state index contributed by atoms with van der Waals surface area (Å²) in [5.41, 5.74) is 6.60. The van der Waals surface area contributed by atoms with Gasteiger partial charge in [0.15, 0.2) is 5.82 Å². The van der Waals surface area contributed by atoms with Crippen LogP contribution >= 0.6 is 0 Å². The third-order valence-electron chi connectivity index (χ3n) is 2.25. The molecule has 2 heterocycles. The summed E-state index contributed by atoms with van der Waals surface area (Å²) >= 11 is 0. The molecule has 2 aromatic rings. The van der Waals surface area contributed by atoms with Gasteiger partial charge in [-0.05, 0) is 19.9 Å². The first-order chi connectivity index (χ1) is 8.20. The highest BCUT2D eigenvalue weighted by Gasteiger charge is 2.16. The quantitative estimate of drug-likeness (QED) is 0.851. The molecule has 0 saturated heterocycles. The van der Waals surface area contributed by atoms with Gasteiger partial charge in [0.05, 0.1) is 18.2 Å². The number of aryl methyl sites for hydroxylation is 1. The minimum atomic E-state index is -0.375. The minimum absolute atomic E-state index is 0.375. The molecule has 2 N–H and O–H groups in total. The summed E-state index contributed by atoms with van der Waals surface area (Å²) in [7, 11) is 0. The molecule has 2 rings (SSSR count). The number of aromatic nitrogens is 2.